The summed E-state index contributed by atoms with van der Waals surface area (Å²) in [5, 5.41) is 11.9. The third kappa shape index (κ3) is 3.22. The van der Waals surface area contributed by atoms with Gasteiger partial charge in [0.2, 0.25) is 5.88 Å². The van der Waals surface area contributed by atoms with Crippen LogP contribution in [0.1, 0.15) is 33.9 Å². The van der Waals surface area contributed by atoms with E-state index in [0.717, 1.165) is 36.6 Å². The van der Waals surface area contributed by atoms with Gasteiger partial charge in [-0.25, -0.2) is 0 Å². The number of carbonyl (C=O) groups is 1. The number of aryl methyl sites for hydroxylation is 2. The van der Waals surface area contributed by atoms with Crippen molar-refractivity contribution in [2.75, 3.05) is 13.1 Å². The number of carbonyl (C=O) groups excluding carboxylic acids is 1. The quantitative estimate of drug-likeness (QED) is 0.855. The second-order valence-corrected chi connectivity index (χ2v) is 6.09. The molecule has 0 bridgehead atoms. The molecular formula is C14H17N5O2S. The molecule has 1 aliphatic heterocycles. The van der Waals surface area contributed by atoms with E-state index < -0.39 is 0 Å². The Morgan fingerprint density at radius 1 is 1.32 bits per heavy atom. The van der Waals surface area contributed by atoms with Crippen molar-refractivity contribution < 1.29 is 9.53 Å². The van der Waals surface area contributed by atoms with Gasteiger partial charge < -0.3 is 9.64 Å². The summed E-state index contributed by atoms with van der Waals surface area (Å²) in [6, 6.07) is 3.67. The fourth-order valence-corrected chi connectivity index (χ4v) is 3.04. The molecule has 2 aromatic heterocycles. The van der Waals surface area contributed by atoms with Crippen LogP contribution >= 0.6 is 11.5 Å². The first-order chi connectivity index (χ1) is 10.6. The summed E-state index contributed by atoms with van der Waals surface area (Å²) in [6.45, 7) is 4.96. The summed E-state index contributed by atoms with van der Waals surface area (Å²) in [7, 11) is 0. The first kappa shape index (κ1) is 14.8. The monoisotopic (exact) mass is 319 g/mol. The number of rotatable bonds is 3. The molecule has 0 aromatic carbocycles. The number of nitrogens with zero attached hydrogens (tertiary/aromatic N) is 5. The fourth-order valence-electron chi connectivity index (χ4n) is 2.41. The smallest absolute Gasteiger partial charge is 0.267 e. The van der Waals surface area contributed by atoms with Crippen molar-refractivity contribution >= 4 is 17.4 Å². The summed E-state index contributed by atoms with van der Waals surface area (Å²) in [6.07, 6.45) is 1.75. The minimum atomic E-state index is -0.0594. The molecule has 8 heteroatoms. The van der Waals surface area contributed by atoms with Crippen molar-refractivity contribution in [1.29, 1.82) is 0 Å². The Labute approximate surface area is 132 Å². The van der Waals surface area contributed by atoms with Gasteiger partial charge in [-0.2, -0.15) is 5.10 Å². The van der Waals surface area contributed by atoms with Gasteiger partial charge in [-0.15, -0.1) is 10.2 Å². The predicted molar refractivity (Wildman–Crippen MR) is 81.0 cm³/mol. The third-order valence-electron chi connectivity index (χ3n) is 3.57. The lowest BCUT2D eigenvalue weighted by Crippen LogP contribution is -2.44. The van der Waals surface area contributed by atoms with Gasteiger partial charge in [0, 0.05) is 12.6 Å². The highest BCUT2D eigenvalue weighted by molar-refractivity contribution is 7.07. The van der Waals surface area contributed by atoms with Crippen molar-refractivity contribution in [3.63, 3.8) is 0 Å². The van der Waals surface area contributed by atoms with Gasteiger partial charge in [0.25, 0.3) is 5.91 Å². The summed E-state index contributed by atoms with van der Waals surface area (Å²) >= 11 is 1.14. The minimum absolute atomic E-state index is 0.0178. The van der Waals surface area contributed by atoms with Crippen molar-refractivity contribution in [2.45, 2.75) is 32.8 Å². The Morgan fingerprint density at radius 3 is 2.86 bits per heavy atom. The number of hydrogen-bond acceptors (Lipinski definition) is 7. The molecule has 0 radical (unpaired) electrons. The third-order valence-corrected chi connectivity index (χ3v) is 4.39. The molecule has 1 fully saturated rings. The topological polar surface area (TPSA) is 81.1 Å². The largest absolute Gasteiger partial charge is 0.471 e. The van der Waals surface area contributed by atoms with Crippen LogP contribution in [0, 0.1) is 13.8 Å². The number of piperidine rings is 1. The van der Waals surface area contributed by atoms with E-state index >= 15 is 0 Å². The van der Waals surface area contributed by atoms with Crippen LogP contribution in [-0.2, 0) is 0 Å². The molecule has 0 aliphatic carbocycles. The van der Waals surface area contributed by atoms with Crippen LogP contribution in [0.4, 0.5) is 0 Å². The second-order valence-electron chi connectivity index (χ2n) is 5.33. The van der Waals surface area contributed by atoms with Crippen LogP contribution in [0.3, 0.4) is 0 Å². The van der Waals surface area contributed by atoms with Gasteiger partial charge >= 0.3 is 0 Å². The zero-order valence-corrected chi connectivity index (χ0v) is 13.3. The maximum Gasteiger partial charge on any atom is 0.267 e. The molecule has 1 atom stereocenters. The molecular weight excluding hydrogens is 302 g/mol. The molecule has 0 unspecified atom stereocenters. The van der Waals surface area contributed by atoms with Crippen LogP contribution in [0.5, 0.6) is 5.88 Å². The number of ether oxygens (including phenoxy) is 1. The SMILES string of the molecule is Cc1ccc(O[C@H]2CCCN(C(=O)c3snnc3C)C2)nn1. The van der Waals surface area contributed by atoms with E-state index in [2.05, 4.69) is 19.8 Å². The summed E-state index contributed by atoms with van der Waals surface area (Å²) in [4.78, 5) is 14.9. The van der Waals surface area contributed by atoms with Crippen LogP contribution in [0.15, 0.2) is 12.1 Å². The summed E-state index contributed by atoms with van der Waals surface area (Å²) < 4.78 is 9.67. The Balaban J connectivity index is 1.65. The standard InChI is InChI=1S/C14H17N5O2S/c1-9-5-6-12(17-15-9)21-11-4-3-7-19(8-11)14(20)13-10(2)16-18-22-13/h5-6,11H,3-4,7-8H2,1-2H3/t11-/m0/s1. The molecule has 7 nitrogen and oxygen atoms in total. The molecule has 0 N–H and O–H groups in total. The Hall–Kier alpha value is -2.09. The van der Waals surface area contributed by atoms with Crippen molar-refractivity contribution in [3.8, 4) is 5.88 Å². The highest BCUT2D eigenvalue weighted by Gasteiger charge is 2.28. The van der Waals surface area contributed by atoms with E-state index in [4.69, 9.17) is 4.74 Å². The Morgan fingerprint density at radius 2 is 2.18 bits per heavy atom. The van der Waals surface area contributed by atoms with E-state index in [9.17, 15) is 4.79 Å². The van der Waals surface area contributed by atoms with Gasteiger partial charge in [-0.1, -0.05) is 4.49 Å². The fraction of sp³-hybridized carbons (Fsp3) is 0.500. The number of aromatic nitrogens is 4. The first-order valence-electron chi connectivity index (χ1n) is 7.18. The summed E-state index contributed by atoms with van der Waals surface area (Å²) in [5.41, 5.74) is 1.53. The lowest BCUT2D eigenvalue weighted by Gasteiger charge is -2.32. The summed E-state index contributed by atoms with van der Waals surface area (Å²) in [5.74, 6) is 0.483. The molecule has 1 aliphatic rings. The Kier molecular flexibility index (Phi) is 4.28. The normalized spacial score (nSPS) is 18.3. The lowest BCUT2D eigenvalue weighted by molar-refractivity contribution is 0.0529. The van der Waals surface area contributed by atoms with E-state index in [1.54, 1.807) is 17.9 Å². The van der Waals surface area contributed by atoms with Gasteiger partial charge in [-0.3, -0.25) is 4.79 Å². The molecule has 22 heavy (non-hydrogen) atoms. The average molecular weight is 319 g/mol. The van der Waals surface area contributed by atoms with Crippen LogP contribution in [0.25, 0.3) is 0 Å². The molecule has 3 heterocycles. The zero-order chi connectivity index (χ0) is 15.5. The van der Waals surface area contributed by atoms with Gasteiger partial charge in [0.05, 0.1) is 17.9 Å². The molecule has 2 aromatic rings. The van der Waals surface area contributed by atoms with Crippen molar-refractivity contribution in [1.82, 2.24) is 24.7 Å². The molecule has 0 spiro atoms. The highest BCUT2D eigenvalue weighted by Crippen LogP contribution is 2.20. The van der Waals surface area contributed by atoms with E-state index in [1.807, 2.05) is 13.0 Å². The number of likely N-dealkylation sites (tertiary alicyclic amines) is 1. The average Bonchev–Trinajstić information content (AvgIpc) is 2.95. The van der Waals surface area contributed by atoms with E-state index in [0.29, 0.717) is 23.0 Å². The van der Waals surface area contributed by atoms with Crippen molar-refractivity contribution in [2.24, 2.45) is 0 Å². The lowest BCUT2D eigenvalue weighted by atomic mass is 10.1. The molecule has 1 amide bonds. The molecule has 3 rings (SSSR count). The number of amides is 1. The molecule has 0 saturated carbocycles. The minimum Gasteiger partial charge on any atom is -0.471 e. The first-order valence-corrected chi connectivity index (χ1v) is 7.96. The highest BCUT2D eigenvalue weighted by atomic mass is 32.1. The zero-order valence-electron chi connectivity index (χ0n) is 12.5. The van der Waals surface area contributed by atoms with Crippen LogP contribution < -0.4 is 4.74 Å². The Bertz CT molecular complexity index is 658. The van der Waals surface area contributed by atoms with Gasteiger partial charge in [-0.05, 0) is 44.3 Å². The van der Waals surface area contributed by atoms with Crippen LogP contribution in [-0.4, -0.2) is 49.8 Å². The van der Waals surface area contributed by atoms with Gasteiger partial charge in [0.15, 0.2) is 0 Å². The van der Waals surface area contributed by atoms with Crippen molar-refractivity contribution in [3.05, 3.63) is 28.4 Å². The van der Waals surface area contributed by atoms with E-state index in [1.165, 1.54) is 0 Å². The maximum absolute atomic E-state index is 12.5. The van der Waals surface area contributed by atoms with E-state index in [-0.39, 0.29) is 12.0 Å². The number of hydrogen-bond donors (Lipinski definition) is 0. The van der Waals surface area contributed by atoms with Gasteiger partial charge in [0.1, 0.15) is 11.0 Å². The second kappa shape index (κ2) is 6.35. The maximum atomic E-state index is 12.5. The predicted octanol–water partition coefficient (Wildman–Crippen LogP) is 1.63. The molecule has 116 valence electrons. The molecule has 1 saturated heterocycles. The van der Waals surface area contributed by atoms with Crippen LogP contribution in [0.2, 0.25) is 0 Å².